The third kappa shape index (κ3) is 7.98. The van der Waals surface area contributed by atoms with Crippen molar-refractivity contribution in [2.45, 2.75) is 94.4 Å². The molecule has 0 radical (unpaired) electrons. The number of unbranched alkanes of at least 4 members (excludes halogenated alkanes) is 10. The predicted molar refractivity (Wildman–Crippen MR) is 125 cm³/mol. The molecule has 152 valence electrons. The van der Waals surface area contributed by atoms with Crippen LogP contribution in [-0.2, 0) is 0 Å². The number of rotatable bonds is 14. The Balaban J connectivity index is 1.62. The molecule has 0 spiro atoms. The van der Waals surface area contributed by atoms with E-state index in [0.29, 0.717) is 0 Å². The average Bonchev–Trinajstić information content (AvgIpc) is 3.06. The first-order valence-electron chi connectivity index (χ1n) is 10.7. The van der Waals surface area contributed by atoms with Gasteiger partial charge in [-0.1, -0.05) is 77.2 Å². The Morgan fingerprint density at radius 1 is 1.00 bits per heavy atom. The van der Waals surface area contributed by atoms with Gasteiger partial charge in [0.15, 0.2) is 5.50 Å². The SMILES string of the molecule is CCCCCCCCCCCCCC1=NNC(S)N1c1cccc(SC)c1. The van der Waals surface area contributed by atoms with Gasteiger partial charge < -0.3 is 0 Å². The lowest BCUT2D eigenvalue weighted by molar-refractivity contribution is 0.551. The Morgan fingerprint density at radius 3 is 2.26 bits per heavy atom. The standard InChI is InChI=1S/C22H37N3S2/c1-3-4-5-6-7-8-9-10-11-12-13-17-21-23-24-22(26)25(21)19-15-14-16-20(18-19)27-2/h14-16,18,22,24,26H,3-13,17H2,1-2H3. The molecule has 0 saturated carbocycles. The van der Waals surface area contributed by atoms with Crippen molar-refractivity contribution in [3.8, 4) is 0 Å². The van der Waals surface area contributed by atoms with Gasteiger partial charge in [0, 0.05) is 17.0 Å². The molecule has 1 aromatic carbocycles. The maximum Gasteiger partial charge on any atom is 0.165 e. The fraction of sp³-hybridized carbons (Fsp3) is 0.682. The molecule has 0 amide bonds. The first-order chi connectivity index (χ1) is 13.3. The summed E-state index contributed by atoms with van der Waals surface area (Å²) in [7, 11) is 0. The highest BCUT2D eigenvalue weighted by Crippen LogP contribution is 2.27. The van der Waals surface area contributed by atoms with Crippen LogP contribution in [0.2, 0.25) is 0 Å². The summed E-state index contributed by atoms with van der Waals surface area (Å²) >= 11 is 6.42. The van der Waals surface area contributed by atoms with E-state index in [2.05, 4.69) is 65.5 Å². The Kier molecular flexibility index (Phi) is 11.1. The number of benzene rings is 1. The van der Waals surface area contributed by atoms with Gasteiger partial charge in [-0.3, -0.25) is 10.3 Å². The predicted octanol–water partition coefficient (Wildman–Crippen LogP) is 7.05. The number of hydrazone groups is 1. The first kappa shape index (κ1) is 22.5. The number of hydrogen-bond acceptors (Lipinski definition) is 5. The van der Waals surface area contributed by atoms with Gasteiger partial charge in [-0.15, -0.1) is 24.4 Å². The quantitative estimate of drug-likeness (QED) is 0.197. The third-order valence-electron chi connectivity index (χ3n) is 5.17. The van der Waals surface area contributed by atoms with Gasteiger partial charge in [0.05, 0.1) is 0 Å². The van der Waals surface area contributed by atoms with Crippen LogP contribution in [0.15, 0.2) is 34.3 Å². The lowest BCUT2D eigenvalue weighted by atomic mass is 10.0. The lowest BCUT2D eigenvalue weighted by Crippen LogP contribution is -2.36. The summed E-state index contributed by atoms with van der Waals surface area (Å²) in [6.45, 7) is 2.28. The van der Waals surface area contributed by atoms with E-state index in [1.807, 2.05) is 0 Å². The van der Waals surface area contributed by atoms with Crippen LogP contribution in [0.4, 0.5) is 5.69 Å². The maximum absolute atomic E-state index is 4.65. The van der Waals surface area contributed by atoms with Crippen LogP contribution in [0.3, 0.4) is 0 Å². The van der Waals surface area contributed by atoms with E-state index in [0.717, 1.165) is 12.3 Å². The Hall–Kier alpha value is -0.810. The molecule has 0 aliphatic carbocycles. The fourth-order valence-corrected chi connectivity index (χ4v) is 4.34. The molecule has 0 bridgehead atoms. The number of amidine groups is 1. The Morgan fingerprint density at radius 2 is 1.63 bits per heavy atom. The number of thiol groups is 1. The minimum atomic E-state index is -0.0650. The summed E-state index contributed by atoms with van der Waals surface area (Å²) in [6, 6.07) is 8.62. The van der Waals surface area contributed by atoms with Crippen molar-refractivity contribution in [1.82, 2.24) is 5.43 Å². The van der Waals surface area contributed by atoms with E-state index in [4.69, 9.17) is 0 Å². The van der Waals surface area contributed by atoms with Crippen LogP contribution in [0.1, 0.15) is 84.0 Å². The molecule has 1 heterocycles. The van der Waals surface area contributed by atoms with Gasteiger partial charge in [-0.05, 0) is 30.9 Å². The molecule has 0 fully saturated rings. The maximum atomic E-state index is 4.65. The van der Waals surface area contributed by atoms with Crippen molar-refractivity contribution < 1.29 is 0 Å². The number of thioether (sulfide) groups is 1. The highest BCUT2D eigenvalue weighted by molar-refractivity contribution is 7.98. The van der Waals surface area contributed by atoms with E-state index < -0.39 is 0 Å². The molecular weight excluding hydrogens is 370 g/mol. The van der Waals surface area contributed by atoms with E-state index in [1.165, 1.54) is 81.2 Å². The number of anilines is 1. The monoisotopic (exact) mass is 407 g/mol. The lowest BCUT2D eigenvalue weighted by Gasteiger charge is -2.24. The van der Waals surface area contributed by atoms with Gasteiger partial charge in [0.2, 0.25) is 0 Å². The number of nitrogens with one attached hydrogen (secondary N) is 1. The van der Waals surface area contributed by atoms with Gasteiger partial charge in [0.1, 0.15) is 5.84 Å². The second-order valence-corrected chi connectivity index (χ2v) is 8.76. The molecule has 1 atom stereocenters. The largest absolute Gasteiger partial charge is 0.297 e. The van der Waals surface area contributed by atoms with E-state index in [9.17, 15) is 0 Å². The Labute approximate surface area is 176 Å². The fourth-order valence-electron chi connectivity index (χ4n) is 3.56. The van der Waals surface area contributed by atoms with Crippen LogP contribution < -0.4 is 10.3 Å². The molecule has 5 heteroatoms. The molecule has 1 aliphatic heterocycles. The van der Waals surface area contributed by atoms with E-state index in [1.54, 1.807) is 11.8 Å². The zero-order valence-corrected chi connectivity index (χ0v) is 18.8. The zero-order chi connectivity index (χ0) is 19.3. The smallest absolute Gasteiger partial charge is 0.165 e. The van der Waals surface area contributed by atoms with Crippen LogP contribution in [0.25, 0.3) is 0 Å². The topological polar surface area (TPSA) is 27.6 Å². The minimum absolute atomic E-state index is 0.0650. The normalized spacial score (nSPS) is 16.5. The summed E-state index contributed by atoms with van der Waals surface area (Å²) in [5.41, 5.74) is 4.23. The molecule has 27 heavy (non-hydrogen) atoms. The molecule has 1 aliphatic rings. The van der Waals surface area contributed by atoms with Crippen molar-refractivity contribution in [2.24, 2.45) is 5.10 Å². The highest BCUT2D eigenvalue weighted by Gasteiger charge is 2.25. The zero-order valence-electron chi connectivity index (χ0n) is 17.1. The van der Waals surface area contributed by atoms with E-state index in [-0.39, 0.29) is 5.50 Å². The summed E-state index contributed by atoms with van der Waals surface area (Å²) in [5, 5.41) is 4.52. The number of hydrogen-bond donors (Lipinski definition) is 2. The highest BCUT2D eigenvalue weighted by atomic mass is 32.2. The number of nitrogens with zero attached hydrogens (tertiary/aromatic N) is 2. The molecule has 0 saturated heterocycles. The van der Waals surface area contributed by atoms with Crippen molar-refractivity contribution >= 4 is 35.9 Å². The van der Waals surface area contributed by atoms with Gasteiger partial charge in [-0.25, -0.2) is 0 Å². The molecule has 1 aromatic rings. The second-order valence-electron chi connectivity index (χ2n) is 7.39. The summed E-state index contributed by atoms with van der Waals surface area (Å²) in [5.74, 6) is 1.11. The van der Waals surface area contributed by atoms with Crippen LogP contribution >= 0.6 is 24.4 Å². The van der Waals surface area contributed by atoms with Gasteiger partial charge >= 0.3 is 0 Å². The van der Waals surface area contributed by atoms with Crippen LogP contribution in [0, 0.1) is 0 Å². The average molecular weight is 408 g/mol. The van der Waals surface area contributed by atoms with Crippen LogP contribution in [-0.4, -0.2) is 17.6 Å². The molecule has 1 unspecified atom stereocenters. The summed E-state index contributed by atoms with van der Waals surface area (Å²) in [6.07, 6.45) is 18.2. The minimum Gasteiger partial charge on any atom is -0.297 e. The molecule has 2 rings (SSSR count). The second kappa shape index (κ2) is 13.4. The van der Waals surface area contributed by atoms with Gasteiger partial charge in [0.25, 0.3) is 0 Å². The van der Waals surface area contributed by atoms with Crippen LogP contribution in [0.5, 0.6) is 0 Å². The molecular formula is C22H37N3S2. The molecule has 3 nitrogen and oxygen atoms in total. The third-order valence-corrected chi connectivity index (χ3v) is 6.24. The van der Waals surface area contributed by atoms with E-state index >= 15 is 0 Å². The van der Waals surface area contributed by atoms with Crippen molar-refractivity contribution in [1.29, 1.82) is 0 Å². The van der Waals surface area contributed by atoms with Crippen molar-refractivity contribution in [3.63, 3.8) is 0 Å². The molecule has 0 aromatic heterocycles. The van der Waals surface area contributed by atoms with Crippen molar-refractivity contribution in [2.75, 3.05) is 11.2 Å². The summed E-state index contributed by atoms with van der Waals surface area (Å²) < 4.78 is 0. The Bertz CT molecular complexity index is 562. The summed E-state index contributed by atoms with van der Waals surface area (Å²) in [4.78, 5) is 3.49. The van der Waals surface area contributed by atoms with Crippen molar-refractivity contribution in [3.05, 3.63) is 24.3 Å². The molecule has 1 N–H and O–H groups in total. The first-order valence-corrected chi connectivity index (χ1v) is 12.4. The van der Waals surface area contributed by atoms with Gasteiger partial charge in [-0.2, -0.15) is 5.10 Å².